The molecule has 0 saturated heterocycles. The molecule has 0 spiro atoms. The molecule has 0 saturated carbocycles. The Labute approximate surface area is 191 Å². The van der Waals surface area contributed by atoms with Crippen molar-refractivity contribution in [1.29, 1.82) is 0 Å². The Morgan fingerprint density at radius 1 is 0.938 bits per heavy atom. The lowest BCUT2D eigenvalue weighted by Gasteiger charge is -2.31. The molecule has 4 aromatic rings. The highest BCUT2D eigenvalue weighted by molar-refractivity contribution is 7.99. The monoisotopic (exact) mass is 463 g/mol. The number of amides is 1. The molecule has 6 nitrogen and oxygen atoms in total. The number of carbonyl (C=O) groups excluding carboxylic acids is 2. The lowest BCUT2D eigenvalue weighted by molar-refractivity contribution is -0.121. The molecule has 1 amide bonds. The van der Waals surface area contributed by atoms with Gasteiger partial charge in [-0.25, -0.2) is 4.79 Å². The minimum absolute atomic E-state index is 0.264. The summed E-state index contributed by atoms with van der Waals surface area (Å²) in [7, 11) is 0. The smallest absolute Gasteiger partial charge is 0.374 e. The molecule has 8 heteroatoms. The minimum atomic E-state index is -0.896. The first kappa shape index (κ1) is 20.4. The number of esters is 1. The maximum absolute atomic E-state index is 13.2. The molecule has 1 aromatic heterocycles. The summed E-state index contributed by atoms with van der Waals surface area (Å²) < 4.78 is 10.7. The van der Waals surface area contributed by atoms with Gasteiger partial charge in [0, 0.05) is 20.9 Å². The Hall–Kier alpha value is -3.55. The van der Waals surface area contributed by atoms with E-state index >= 15 is 0 Å². The molecule has 0 fully saturated rings. The number of halogens is 1. The number of ether oxygens (including phenoxy) is 1. The van der Waals surface area contributed by atoms with Gasteiger partial charge in [-0.15, -0.1) is 0 Å². The van der Waals surface area contributed by atoms with Crippen molar-refractivity contribution < 1.29 is 18.7 Å². The molecule has 0 bridgehead atoms. The molecule has 32 heavy (non-hydrogen) atoms. The second-order valence-corrected chi connectivity index (χ2v) is 8.48. The van der Waals surface area contributed by atoms with E-state index < -0.39 is 18.5 Å². The topological polar surface area (TPSA) is 76.8 Å². The largest absolute Gasteiger partial charge is 0.450 e. The van der Waals surface area contributed by atoms with Gasteiger partial charge in [0.2, 0.25) is 5.76 Å². The van der Waals surface area contributed by atoms with Gasteiger partial charge >= 0.3 is 5.97 Å². The van der Waals surface area contributed by atoms with Gasteiger partial charge in [0.25, 0.3) is 5.91 Å². The number of carbonyl (C=O) groups is 2. The van der Waals surface area contributed by atoms with E-state index in [1.165, 1.54) is 16.7 Å². The lowest BCUT2D eigenvalue weighted by Crippen LogP contribution is -2.32. The molecule has 0 unspecified atom stereocenters. The molecular weight excluding hydrogens is 450 g/mol. The van der Waals surface area contributed by atoms with Crippen LogP contribution in [-0.2, 0) is 9.53 Å². The van der Waals surface area contributed by atoms with Gasteiger partial charge < -0.3 is 9.15 Å². The normalized spacial score (nSPS) is 12.2. The zero-order chi connectivity index (χ0) is 22.2. The highest BCUT2D eigenvalue weighted by atomic mass is 35.5. The lowest BCUT2D eigenvalue weighted by atomic mass is 10.2. The molecule has 1 aliphatic heterocycles. The second kappa shape index (κ2) is 8.18. The summed E-state index contributed by atoms with van der Waals surface area (Å²) in [5, 5.41) is 0.840. The minimum Gasteiger partial charge on any atom is -0.450 e. The van der Waals surface area contributed by atoms with E-state index in [1.807, 2.05) is 30.3 Å². The van der Waals surface area contributed by atoms with Gasteiger partial charge in [-0.05, 0) is 42.5 Å². The van der Waals surface area contributed by atoms with Gasteiger partial charge in [0.15, 0.2) is 12.0 Å². The Morgan fingerprint density at radius 3 is 2.56 bits per heavy atom. The van der Waals surface area contributed by atoms with Crippen molar-refractivity contribution in [3.05, 3.63) is 93.8 Å². The van der Waals surface area contributed by atoms with E-state index in [0.29, 0.717) is 21.8 Å². The van der Waals surface area contributed by atoms with Crippen LogP contribution in [0.2, 0.25) is 5.02 Å². The zero-order valence-corrected chi connectivity index (χ0v) is 18.0. The number of fused-ring (bicyclic) bond motifs is 3. The average molecular weight is 464 g/mol. The summed E-state index contributed by atoms with van der Waals surface area (Å²) in [6.45, 7) is -0.541. The number of hydrogen-bond donors (Lipinski definition) is 0. The molecule has 2 heterocycles. The van der Waals surface area contributed by atoms with Crippen LogP contribution in [-0.4, -0.2) is 18.5 Å². The highest BCUT2D eigenvalue weighted by Gasteiger charge is 2.29. The van der Waals surface area contributed by atoms with Crippen molar-refractivity contribution >= 4 is 57.6 Å². The highest BCUT2D eigenvalue weighted by Crippen LogP contribution is 2.48. The van der Waals surface area contributed by atoms with Gasteiger partial charge in [0.1, 0.15) is 5.58 Å². The Balaban J connectivity index is 1.42. The van der Waals surface area contributed by atoms with Crippen LogP contribution in [0.3, 0.4) is 0 Å². The van der Waals surface area contributed by atoms with E-state index in [2.05, 4.69) is 0 Å². The molecule has 1 aliphatic rings. The van der Waals surface area contributed by atoms with Crippen molar-refractivity contribution in [3.63, 3.8) is 0 Å². The van der Waals surface area contributed by atoms with Crippen molar-refractivity contribution in [2.24, 2.45) is 0 Å². The summed E-state index contributed by atoms with van der Waals surface area (Å²) in [5.74, 6) is -1.62. The van der Waals surface area contributed by atoms with Crippen LogP contribution in [0.4, 0.5) is 11.4 Å². The van der Waals surface area contributed by atoms with E-state index in [0.717, 1.165) is 15.9 Å². The quantitative estimate of drug-likeness (QED) is 0.377. The third-order valence-electron chi connectivity index (χ3n) is 4.90. The summed E-state index contributed by atoms with van der Waals surface area (Å²) in [6, 6.07) is 20.4. The third kappa shape index (κ3) is 3.66. The number of rotatable bonds is 3. The first-order valence-electron chi connectivity index (χ1n) is 9.61. The molecule has 158 valence electrons. The Morgan fingerprint density at radius 2 is 1.69 bits per heavy atom. The molecule has 0 N–H and O–H groups in total. The van der Waals surface area contributed by atoms with E-state index in [-0.39, 0.29) is 16.8 Å². The van der Waals surface area contributed by atoms with Crippen molar-refractivity contribution in [2.75, 3.05) is 11.5 Å². The van der Waals surface area contributed by atoms with Crippen molar-refractivity contribution in [2.45, 2.75) is 9.79 Å². The number of anilines is 2. The number of benzene rings is 3. The molecule has 5 rings (SSSR count). The maximum Gasteiger partial charge on any atom is 0.374 e. The predicted molar refractivity (Wildman–Crippen MR) is 122 cm³/mol. The van der Waals surface area contributed by atoms with Crippen LogP contribution >= 0.6 is 23.4 Å². The Kier molecular flexibility index (Phi) is 5.20. The van der Waals surface area contributed by atoms with E-state index in [1.54, 1.807) is 36.4 Å². The van der Waals surface area contributed by atoms with Gasteiger partial charge in [-0.1, -0.05) is 47.6 Å². The number of nitrogens with zero attached hydrogens (tertiary/aromatic N) is 1. The fraction of sp³-hybridized carbons (Fsp3) is 0.0417. The predicted octanol–water partition coefficient (Wildman–Crippen LogP) is 5.43. The zero-order valence-electron chi connectivity index (χ0n) is 16.4. The molecule has 0 atom stereocenters. The molecule has 3 aromatic carbocycles. The average Bonchev–Trinajstić information content (AvgIpc) is 2.80. The van der Waals surface area contributed by atoms with E-state index in [4.69, 9.17) is 20.8 Å². The van der Waals surface area contributed by atoms with Crippen LogP contribution in [0.25, 0.3) is 11.0 Å². The maximum atomic E-state index is 13.2. The number of hydrogen-bond acceptors (Lipinski definition) is 6. The summed E-state index contributed by atoms with van der Waals surface area (Å²) in [6.07, 6.45) is 0. The summed E-state index contributed by atoms with van der Waals surface area (Å²) in [4.78, 5) is 41.1. The van der Waals surface area contributed by atoms with Crippen molar-refractivity contribution in [1.82, 2.24) is 0 Å². The van der Waals surface area contributed by atoms with Gasteiger partial charge in [0.05, 0.1) is 16.8 Å². The standard InChI is InChI=1S/C24H14ClNO5S/c25-14-9-10-22-17(11-14)26(16-6-2-4-8-21(16)32-22)23(28)13-30-24(29)20-12-18(27)15-5-1-3-7-19(15)31-20/h1-12H,13H2. The van der Waals surface area contributed by atoms with Gasteiger partial charge in [-0.2, -0.15) is 0 Å². The Bertz CT molecular complexity index is 1450. The summed E-state index contributed by atoms with van der Waals surface area (Å²) >= 11 is 7.70. The molecular formula is C24H14ClNO5S. The fourth-order valence-corrected chi connectivity index (χ4v) is 4.67. The fourth-order valence-electron chi connectivity index (χ4n) is 3.46. The van der Waals surface area contributed by atoms with E-state index in [9.17, 15) is 14.4 Å². The molecule has 0 radical (unpaired) electrons. The SMILES string of the molecule is O=C(OCC(=O)N1c2ccccc2Sc2ccc(Cl)cc21)c1cc(=O)c2ccccc2o1. The summed E-state index contributed by atoms with van der Waals surface area (Å²) in [5.41, 5.74) is 1.18. The van der Waals surface area contributed by atoms with Gasteiger partial charge in [-0.3, -0.25) is 14.5 Å². The van der Waals surface area contributed by atoms with Crippen molar-refractivity contribution in [3.8, 4) is 0 Å². The van der Waals surface area contributed by atoms with Crippen LogP contribution in [0.1, 0.15) is 10.6 Å². The second-order valence-electron chi connectivity index (χ2n) is 6.96. The van der Waals surface area contributed by atoms with Crippen LogP contribution in [0.15, 0.2) is 91.8 Å². The molecule has 0 aliphatic carbocycles. The van der Waals surface area contributed by atoms with Crippen LogP contribution < -0.4 is 10.3 Å². The third-order valence-corrected chi connectivity index (χ3v) is 6.27. The van der Waals surface area contributed by atoms with Crippen LogP contribution in [0, 0.1) is 0 Å². The van der Waals surface area contributed by atoms with Crippen LogP contribution in [0.5, 0.6) is 0 Å². The first-order chi connectivity index (χ1) is 15.5. The number of para-hydroxylation sites is 2. The first-order valence-corrected chi connectivity index (χ1v) is 10.8.